The Bertz CT molecular complexity index is 537. The molecule has 96 valence electrons. The Labute approximate surface area is 112 Å². The fourth-order valence-corrected chi connectivity index (χ4v) is 3.90. The van der Waals surface area contributed by atoms with Crippen molar-refractivity contribution >= 4 is 27.2 Å². The standard InChI is InChI=1S/C14H19N3S/c1-17(12-4-2-3-10(12)9-15)14-11-6-8-18-13(11)5-7-16-14/h5-8,10,12H,2-4,9,15H2,1H3. The van der Waals surface area contributed by atoms with Crippen LogP contribution < -0.4 is 10.6 Å². The molecular weight excluding hydrogens is 242 g/mol. The largest absolute Gasteiger partial charge is 0.356 e. The van der Waals surface area contributed by atoms with Crippen LogP contribution in [0.2, 0.25) is 0 Å². The van der Waals surface area contributed by atoms with Gasteiger partial charge in [0.05, 0.1) is 0 Å². The highest BCUT2D eigenvalue weighted by molar-refractivity contribution is 7.17. The van der Waals surface area contributed by atoms with Crippen LogP contribution in [0.3, 0.4) is 0 Å². The number of anilines is 1. The predicted molar refractivity (Wildman–Crippen MR) is 78.2 cm³/mol. The first kappa shape index (κ1) is 11.9. The highest BCUT2D eigenvalue weighted by Crippen LogP contribution is 2.34. The molecule has 0 bridgehead atoms. The normalized spacial score (nSPS) is 23.7. The van der Waals surface area contributed by atoms with Gasteiger partial charge in [-0.05, 0) is 42.8 Å². The van der Waals surface area contributed by atoms with Gasteiger partial charge in [0.25, 0.3) is 0 Å². The van der Waals surface area contributed by atoms with E-state index >= 15 is 0 Å². The van der Waals surface area contributed by atoms with Gasteiger partial charge >= 0.3 is 0 Å². The maximum Gasteiger partial charge on any atom is 0.137 e. The van der Waals surface area contributed by atoms with E-state index in [0.29, 0.717) is 12.0 Å². The Balaban J connectivity index is 1.96. The van der Waals surface area contributed by atoms with E-state index in [1.54, 1.807) is 11.3 Å². The average molecular weight is 261 g/mol. The molecule has 1 saturated carbocycles. The Morgan fingerprint density at radius 2 is 2.33 bits per heavy atom. The molecule has 0 amide bonds. The van der Waals surface area contributed by atoms with Crippen LogP contribution in [0, 0.1) is 5.92 Å². The molecule has 2 heterocycles. The first-order valence-electron chi connectivity index (χ1n) is 6.56. The summed E-state index contributed by atoms with van der Waals surface area (Å²) in [6, 6.07) is 4.81. The number of aromatic nitrogens is 1. The Morgan fingerprint density at radius 1 is 1.44 bits per heavy atom. The van der Waals surface area contributed by atoms with E-state index in [1.807, 2.05) is 6.20 Å². The van der Waals surface area contributed by atoms with E-state index in [2.05, 4.69) is 34.4 Å². The van der Waals surface area contributed by atoms with Crippen molar-refractivity contribution in [1.82, 2.24) is 4.98 Å². The van der Waals surface area contributed by atoms with Gasteiger partial charge in [0.1, 0.15) is 5.82 Å². The van der Waals surface area contributed by atoms with Crippen molar-refractivity contribution in [3.8, 4) is 0 Å². The second-order valence-electron chi connectivity index (χ2n) is 5.07. The molecule has 2 N–H and O–H groups in total. The van der Waals surface area contributed by atoms with Crippen LogP contribution in [0.25, 0.3) is 10.1 Å². The molecular formula is C14H19N3S. The lowest BCUT2D eigenvalue weighted by molar-refractivity contribution is 0.473. The average Bonchev–Trinajstić information content (AvgIpc) is 3.05. The minimum Gasteiger partial charge on any atom is -0.356 e. The summed E-state index contributed by atoms with van der Waals surface area (Å²) in [5.74, 6) is 1.73. The first-order valence-corrected chi connectivity index (χ1v) is 7.44. The predicted octanol–water partition coefficient (Wildman–Crippen LogP) is 2.86. The zero-order chi connectivity index (χ0) is 12.5. The van der Waals surface area contributed by atoms with Gasteiger partial charge < -0.3 is 10.6 Å². The van der Waals surface area contributed by atoms with Crippen molar-refractivity contribution in [3.05, 3.63) is 23.7 Å². The summed E-state index contributed by atoms with van der Waals surface area (Å²) in [7, 11) is 2.16. The number of hydrogen-bond acceptors (Lipinski definition) is 4. The van der Waals surface area contributed by atoms with Gasteiger partial charge in [-0.15, -0.1) is 11.3 Å². The maximum atomic E-state index is 5.89. The number of nitrogens with zero attached hydrogens (tertiary/aromatic N) is 2. The van der Waals surface area contributed by atoms with E-state index < -0.39 is 0 Å². The first-order chi connectivity index (χ1) is 8.81. The Hall–Kier alpha value is -1.13. The minimum absolute atomic E-state index is 0.549. The van der Waals surface area contributed by atoms with Crippen LogP contribution in [-0.4, -0.2) is 24.6 Å². The molecule has 0 radical (unpaired) electrons. The zero-order valence-electron chi connectivity index (χ0n) is 10.7. The number of rotatable bonds is 3. The summed E-state index contributed by atoms with van der Waals surface area (Å²) in [5.41, 5.74) is 5.89. The number of fused-ring (bicyclic) bond motifs is 1. The lowest BCUT2D eigenvalue weighted by Gasteiger charge is -2.30. The molecule has 0 aromatic carbocycles. The highest BCUT2D eigenvalue weighted by atomic mass is 32.1. The summed E-state index contributed by atoms with van der Waals surface area (Å²) in [4.78, 5) is 6.93. The van der Waals surface area contributed by atoms with Crippen LogP contribution in [0.15, 0.2) is 23.7 Å². The minimum atomic E-state index is 0.549. The van der Waals surface area contributed by atoms with E-state index in [9.17, 15) is 0 Å². The summed E-state index contributed by atoms with van der Waals surface area (Å²) in [6.07, 6.45) is 5.69. The number of pyridine rings is 1. The molecule has 2 aromatic rings. The smallest absolute Gasteiger partial charge is 0.137 e. The van der Waals surface area contributed by atoms with Crippen LogP contribution >= 0.6 is 11.3 Å². The third-order valence-electron chi connectivity index (χ3n) is 4.11. The number of nitrogens with two attached hydrogens (primary N) is 1. The van der Waals surface area contributed by atoms with Crippen LogP contribution in [0.1, 0.15) is 19.3 Å². The van der Waals surface area contributed by atoms with Gasteiger partial charge in [-0.25, -0.2) is 4.98 Å². The summed E-state index contributed by atoms with van der Waals surface area (Å²) in [5, 5.41) is 3.41. The Kier molecular flexibility index (Phi) is 3.22. The van der Waals surface area contributed by atoms with Crippen LogP contribution in [0.5, 0.6) is 0 Å². The topological polar surface area (TPSA) is 42.2 Å². The van der Waals surface area contributed by atoms with Crippen molar-refractivity contribution in [3.63, 3.8) is 0 Å². The second kappa shape index (κ2) is 4.86. The van der Waals surface area contributed by atoms with E-state index in [-0.39, 0.29) is 0 Å². The van der Waals surface area contributed by atoms with Gasteiger partial charge in [0.15, 0.2) is 0 Å². The van der Waals surface area contributed by atoms with Crippen molar-refractivity contribution in [2.24, 2.45) is 11.7 Å². The lowest BCUT2D eigenvalue weighted by atomic mass is 10.0. The van der Waals surface area contributed by atoms with E-state index in [4.69, 9.17) is 5.73 Å². The fourth-order valence-electron chi connectivity index (χ4n) is 3.12. The molecule has 2 unspecified atom stereocenters. The van der Waals surface area contributed by atoms with Crippen molar-refractivity contribution < 1.29 is 0 Å². The van der Waals surface area contributed by atoms with Gasteiger partial charge in [-0.2, -0.15) is 0 Å². The molecule has 4 heteroatoms. The van der Waals surface area contributed by atoms with Crippen molar-refractivity contribution in [1.29, 1.82) is 0 Å². The molecule has 0 aliphatic heterocycles. The van der Waals surface area contributed by atoms with Crippen LogP contribution in [0.4, 0.5) is 5.82 Å². The fraction of sp³-hybridized carbons (Fsp3) is 0.500. The SMILES string of the molecule is CN(c1nccc2sccc12)C1CCCC1CN. The van der Waals surface area contributed by atoms with E-state index in [0.717, 1.165) is 12.4 Å². The molecule has 3 rings (SSSR count). The Morgan fingerprint density at radius 3 is 3.17 bits per heavy atom. The van der Waals surface area contributed by atoms with Crippen molar-refractivity contribution in [2.75, 3.05) is 18.5 Å². The number of hydrogen-bond donors (Lipinski definition) is 1. The maximum absolute atomic E-state index is 5.89. The van der Waals surface area contributed by atoms with Crippen molar-refractivity contribution in [2.45, 2.75) is 25.3 Å². The van der Waals surface area contributed by atoms with Gasteiger partial charge in [-0.3, -0.25) is 0 Å². The molecule has 18 heavy (non-hydrogen) atoms. The summed E-state index contributed by atoms with van der Waals surface area (Å²) in [6.45, 7) is 0.786. The van der Waals surface area contributed by atoms with Gasteiger partial charge in [-0.1, -0.05) is 6.42 Å². The third kappa shape index (κ3) is 1.89. The van der Waals surface area contributed by atoms with E-state index in [1.165, 1.54) is 29.3 Å². The van der Waals surface area contributed by atoms with Gasteiger partial charge in [0, 0.05) is 29.4 Å². The number of thiophene rings is 1. The molecule has 0 spiro atoms. The monoisotopic (exact) mass is 261 g/mol. The summed E-state index contributed by atoms with van der Waals surface area (Å²) < 4.78 is 1.31. The molecule has 2 atom stereocenters. The second-order valence-corrected chi connectivity index (χ2v) is 6.02. The quantitative estimate of drug-likeness (QED) is 0.923. The molecule has 1 fully saturated rings. The van der Waals surface area contributed by atoms with Gasteiger partial charge in [0.2, 0.25) is 0 Å². The third-order valence-corrected chi connectivity index (χ3v) is 4.99. The molecule has 3 nitrogen and oxygen atoms in total. The highest BCUT2D eigenvalue weighted by Gasteiger charge is 2.30. The molecule has 0 saturated heterocycles. The lowest BCUT2D eigenvalue weighted by Crippen LogP contribution is -2.38. The molecule has 2 aromatic heterocycles. The van der Waals surface area contributed by atoms with Crippen LogP contribution in [-0.2, 0) is 0 Å². The molecule has 1 aliphatic rings. The zero-order valence-corrected chi connectivity index (χ0v) is 11.5. The molecule has 1 aliphatic carbocycles. The summed E-state index contributed by atoms with van der Waals surface area (Å²) >= 11 is 1.78.